The highest BCUT2D eigenvalue weighted by Gasteiger charge is 2.06. The number of methoxy groups -OCH3 is 1. The number of hydrogen-bond acceptors (Lipinski definition) is 5. The molecular formula is C25H27N3O2S. The van der Waals surface area contributed by atoms with Gasteiger partial charge in [0.25, 0.3) is 0 Å². The number of rotatable bonds is 8. The van der Waals surface area contributed by atoms with Crippen LogP contribution in [0.4, 0.5) is 0 Å². The lowest BCUT2D eigenvalue weighted by molar-refractivity contribution is 0.296. The van der Waals surface area contributed by atoms with Gasteiger partial charge in [-0.1, -0.05) is 48.2 Å². The summed E-state index contributed by atoms with van der Waals surface area (Å²) in [5.41, 5.74) is 11.3. The summed E-state index contributed by atoms with van der Waals surface area (Å²) in [5, 5.41) is 8.63. The molecule has 5 nitrogen and oxygen atoms in total. The van der Waals surface area contributed by atoms with Crippen LogP contribution in [0.3, 0.4) is 0 Å². The Morgan fingerprint density at radius 2 is 1.74 bits per heavy atom. The molecule has 6 heteroatoms. The van der Waals surface area contributed by atoms with Crippen LogP contribution in [0.1, 0.15) is 27.8 Å². The summed E-state index contributed by atoms with van der Waals surface area (Å²) in [7, 11) is 1.65. The summed E-state index contributed by atoms with van der Waals surface area (Å²) in [6, 6.07) is 22.1. The van der Waals surface area contributed by atoms with Gasteiger partial charge in [0.1, 0.15) is 18.1 Å². The Hall–Kier alpha value is -3.25. The Bertz CT molecular complexity index is 1050. The molecule has 0 atom stereocenters. The van der Waals surface area contributed by atoms with Gasteiger partial charge in [0.05, 0.1) is 13.3 Å². The molecule has 0 aliphatic carbocycles. The molecule has 0 saturated carbocycles. The van der Waals surface area contributed by atoms with Crippen LogP contribution in [-0.2, 0) is 12.4 Å². The third-order valence-corrected chi connectivity index (χ3v) is 5.34. The smallest absolute Gasteiger partial charge is 0.180 e. The molecule has 0 aliphatic rings. The monoisotopic (exact) mass is 433 g/mol. The molecule has 0 heterocycles. The first-order valence-electron chi connectivity index (χ1n) is 9.95. The summed E-state index contributed by atoms with van der Waals surface area (Å²) < 4.78 is 11.5. The van der Waals surface area contributed by atoms with Crippen molar-refractivity contribution in [1.29, 1.82) is 0 Å². The SMILES string of the molecule is COc1ccc(C=NN=C(N)SCc2ccccc2)cc1COc1cc(C)cc(C)c1. The highest BCUT2D eigenvalue weighted by molar-refractivity contribution is 8.13. The zero-order chi connectivity index (χ0) is 22.1. The Labute approximate surface area is 188 Å². The maximum atomic E-state index is 5.99. The normalized spacial score (nSPS) is 11.6. The van der Waals surface area contributed by atoms with E-state index in [1.807, 2.05) is 48.5 Å². The minimum absolute atomic E-state index is 0.395. The Morgan fingerprint density at radius 3 is 2.45 bits per heavy atom. The lowest BCUT2D eigenvalue weighted by atomic mass is 10.1. The number of benzene rings is 3. The zero-order valence-corrected chi connectivity index (χ0v) is 18.9. The van der Waals surface area contributed by atoms with E-state index in [-0.39, 0.29) is 0 Å². The maximum absolute atomic E-state index is 5.99. The van der Waals surface area contributed by atoms with E-state index < -0.39 is 0 Å². The second-order valence-corrected chi connectivity index (χ2v) is 8.14. The van der Waals surface area contributed by atoms with Crippen molar-refractivity contribution in [2.45, 2.75) is 26.2 Å². The number of nitrogens with two attached hydrogens (primary N) is 1. The van der Waals surface area contributed by atoms with Crippen molar-refractivity contribution in [2.75, 3.05) is 7.11 Å². The first-order chi connectivity index (χ1) is 15.0. The molecule has 3 rings (SSSR count). The van der Waals surface area contributed by atoms with Crippen LogP contribution in [0.2, 0.25) is 0 Å². The van der Waals surface area contributed by atoms with Crippen molar-refractivity contribution in [2.24, 2.45) is 15.9 Å². The maximum Gasteiger partial charge on any atom is 0.180 e. The number of hydrogen-bond donors (Lipinski definition) is 1. The van der Waals surface area contributed by atoms with Crippen molar-refractivity contribution in [3.05, 3.63) is 94.5 Å². The third kappa shape index (κ3) is 7.19. The van der Waals surface area contributed by atoms with E-state index in [1.165, 1.54) is 28.5 Å². The molecule has 3 aromatic rings. The molecule has 0 fully saturated rings. The van der Waals surface area contributed by atoms with E-state index in [0.29, 0.717) is 11.8 Å². The largest absolute Gasteiger partial charge is 0.496 e. The van der Waals surface area contributed by atoms with Crippen LogP contribution in [-0.4, -0.2) is 18.5 Å². The van der Waals surface area contributed by atoms with Gasteiger partial charge in [-0.2, -0.15) is 5.10 Å². The summed E-state index contributed by atoms with van der Waals surface area (Å²) >= 11 is 1.46. The summed E-state index contributed by atoms with van der Waals surface area (Å²) in [6.45, 7) is 4.51. The van der Waals surface area contributed by atoms with Gasteiger partial charge in [0.2, 0.25) is 0 Å². The molecule has 2 N–H and O–H groups in total. The lowest BCUT2D eigenvalue weighted by Gasteiger charge is -2.12. The van der Waals surface area contributed by atoms with E-state index >= 15 is 0 Å². The van der Waals surface area contributed by atoms with E-state index in [1.54, 1.807) is 13.3 Å². The average molecular weight is 434 g/mol. The molecule has 0 bridgehead atoms. The van der Waals surface area contributed by atoms with Crippen LogP contribution in [0, 0.1) is 13.8 Å². The summed E-state index contributed by atoms with van der Waals surface area (Å²) in [5.74, 6) is 2.36. The van der Waals surface area contributed by atoms with Gasteiger partial charge < -0.3 is 15.2 Å². The van der Waals surface area contributed by atoms with Gasteiger partial charge in [-0.15, -0.1) is 5.10 Å². The predicted molar refractivity (Wildman–Crippen MR) is 130 cm³/mol. The fourth-order valence-electron chi connectivity index (χ4n) is 3.08. The molecule has 0 amide bonds. The van der Waals surface area contributed by atoms with Crippen molar-refractivity contribution in [1.82, 2.24) is 0 Å². The summed E-state index contributed by atoms with van der Waals surface area (Å²) in [6.07, 6.45) is 1.68. The highest BCUT2D eigenvalue weighted by atomic mass is 32.2. The number of nitrogens with zero attached hydrogens (tertiary/aromatic N) is 2. The predicted octanol–water partition coefficient (Wildman–Crippen LogP) is 5.47. The first kappa shape index (κ1) is 22.4. The summed E-state index contributed by atoms with van der Waals surface area (Å²) in [4.78, 5) is 0. The average Bonchev–Trinajstić information content (AvgIpc) is 2.76. The van der Waals surface area contributed by atoms with E-state index in [9.17, 15) is 0 Å². The fraction of sp³-hybridized carbons (Fsp3) is 0.200. The molecule has 0 radical (unpaired) electrons. The number of amidine groups is 1. The van der Waals surface area contributed by atoms with Gasteiger partial charge in [-0.25, -0.2) is 0 Å². The standard InChI is InChI=1S/C25H27N3O2S/c1-18-11-19(2)13-23(12-18)30-16-22-14-21(9-10-24(22)29-3)15-27-28-25(26)31-17-20-7-5-4-6-8-20/h4-15H,16-17H2,1-3H3,(H2,26,28). The molecule has 0 saturated heterocycles. The first-order valence-corrected chi connectivity index (χ1v) is 10.9. The Balaban J connectivity index is 1.63. The number of aryl methyl sites for hydroxylation is 2. The second kappa shape index (κ2) is 11.2. The van der Waals surface area contributed by atoms with Crippen LogP contribution in [0.25, 0.3) is 0 Å². The van der Waals surface area contributed by atoms with Crippen LogP contribution in [0.15, 0.2) is 76.9 Å². The molecule has 31 heavy (non-hydrogen) atoms. The van der Waals surface area contributed by atoms with Crippen LogP contribution < -0.4 is 15.2 Å². The quantitative estimate of drug-likeness (QED) is 0.290. The second-order valence-electron chi connectivity index (χ2n) is 7.14. The molecule has 0 unspecified atom stereocenters. The van der Waals surface area contributed by atoms with Gasteiger partial charge in [0, 0.05) is 11.3 Å². The third-order valence-electron chi connectivity index (χ3n) is 4.49. The van der Waals surface area contributed by atoms with Gasteiger partial charge in [0.15, 0.2) is 5.17 Å². The van der Waals surface area contributed by atoms with Crippen molar-refractivity contribution in [3.63, 3.8) is 0 Å². The zero-order valence-electron chi connectivity index (χ0n) is 18.0. The molecule has 0 aromatic heterocycles. The molecule has 0 aliphatic heterocycles. The number of thioether (sulfide) groups is 1. The molecular weight excluding hydrogens is 406 g/mol. The van der Waals surface area contributed by atoms with Crippen molar-refractivity contribution in [3.8, 4) is 11.5 Å². The minimum Gasteiger partial charge on any atom is -0.496 e. The van der Waals surface area contributed by atoms with Crippen LogP contribution >= 0.6 is 11.8 Å². The number of ether oxygens (including phenoxy) is 2. The topological polar surface area (TPSA) is 69.2 Å². The van der Waals surface area contributed by atoms with Crippen LogP contribution in [0.5, 0.6) is 11.5 Å². The Kier molecular flexibility index (Phi) is 8.12. The van der Waals surface area contributed by atoms with Gasteiger partial charge in [-0.05, 0) is 66.4 Å². The highest BCUT2D eigenvalue weighted by Crippen LogP contribution is 2.23. The van der Waals surface area contributed by atoms with Gasteiger partial charge in [-0.3, -0.25) is 0 Å². The van der Waals surface area contributed by atoms with E-state index in [2.05, 4.69) is 42.2 Å². The minimum atomic E-state index is 0.395. The van der Waals surface area contributed by atoms with E-state index in [0.717, 1.165) is 28.4 Å². The van der Waals surface area contributed by atoms with Crippen molar-refractivity contribution >= 4 is 23.1 Å². The molecule has 0 spiro atoms. The van der Waals surface area contributed by atoms with Gasteiger partial charge >= 0.3 is 0 Å². The molecule has 160 valence electrons. The fourth-order valence-corrected chi connectivity index (χ4v) is 3.69. The van der Waals surface area contributed by atoms with Crippen molar-refractivity contribution < 1.29 is 9.47 Å². The molecule has 3 aromatic carbocycles. The lowest BCUT2D eigenvalue weighted by Crippen LogP contribution is -2.06. The Morgan fingerprint density at radius 1 is 1.00 bits per heavy atom. The van der Waals surface area contributed by atoms with E-state index in [4.69, 9.17) is 15.2 Å².